The van der Waals surface area contributed by atoms with Crippen LogP contribution in [0.2, 0.25) is 5.02 Å². The van der Waals surface area contributed by atoms with Gasteiger partial charge in [-0.25, -0.2) is 0 Å². The smallest absolute Gasteiger partial charge is 0.138 e. The van der Waals surface area contributed by atoms with Gasteiger partial charge in [-0.05, 0) is 32.0 Å². The molecule has 0 atom stereocenters. The number of aromatic nitrogens is 2. The molecule has 0 unspecified atom stereocenters. The van der Waals surface area contributed by atoms with Crippen LogP contribution in [-0.2, 0) is 6.54 Å². The standard InChI is InChI=1S/C14H16ClN3O/c1-9(2)19-13-4-3-10(7-11(13)15)14-12(8-16)17-5-6-18-14/h3-7,9H,8,16H2,1-2H3. The van der Waals surface area contributed by atoms with Crippen LogP contribution >= 0.6 is 11.6 Å². The Morgan fingerprint density at radius 2 is 2.00 bits per heavy atom. The summed E-state index contributed by atoms with van der Waals surface area (Å²) in [7, 11) is 0. The van der Waals surface area contributed by atoms with Gasteiger partial charge >= 0.3 is 0 Å². The Balaban J connectivity index is 2.39. The van der Waals surface area contributed by atoms with E-state index in [0.29, 0.717) is 17.3 Å². The van der Waals surface area contributed by atoms with E-state index in [9.17, 15) is 0 Å². The number of nitrogens with zero attached hydrogens (tertiary/aromatic N) is 2. The quantitative estimate of drug-likeness (QED) is 0.933. The first kappa shape index (κ1) is 13.8. The number of benzene rings is 1. The van der Waals surface area contributed by atoms with Crippen LogP contribution in [0.25, 0.3) is 11.3 Å². The van der Waals surface area contributed by atoms with Crippen molar-refractivity contribution >= 4 is 11.6 Å². The first-order valence-electron chi connectivity index (χ1n) is 6.08. The minimum atomic E-state index is 0.0828. The zero-order chi connectivity index (χ0) is 13.8. The van der Waals surface area contributed by atoms with Crippen LogP contribution in [0.4, 0.5) is 0 Å². The van der Waals surface area contributed by atoms with Crippen molar-refractivity contribution in [3.63, 3.8) is 0 Å². The third-order valence-corrected chi connectivity index (χ3v) is 2.83. The Kier molecular flexibility index (Phi) is 4.35. The lowest BCUT2D eigenvalue weighted by Gasteiger charge is -2.12. The van der Waals surface area contributed by atoms with Gasteiger partial charge in [0.1, 0.15) is 5.75 Å². The lowest BCUT2D eigenvalue weighted by Crippen LogP contribution is -2.06. The van der Waals surface area contributed by atoms with Crippen molar-refractivity contribution in [1.82, 2.24) is 9.97 Å². The van der Waals surface area contributed by atoms with Crippen LogP contribution in [0.3, 0.4) is 0 Å². The molecule has 5 heteroatoms. The van der Waals surface area contributed by atoms with E-state index in [1.807, 2.05) is 32.0 Å². The van der Waals surface area contributed by atoms with E-state index in [-0.39, 0.29) is 6.10 Å². The van der Waals surface area contributed by atoms with Gasteiger partial charge in [-0.2, -0.15) is 0 Å². The van der Waals surface area contributed by atoms with E-state index in [1.54, 1.807) is 12.4 Å². The highest BCUT2D eigenvalue weighted by atomic mass is 35.5. The molecule has 0 bridgehead atoms. The number of hydrogen-bond acceptors (Lipinski definition) is 4. The molecule has 100 valence electrons. The van der Waals surface area contributed by atoms with Gasteiger partial charge in [0.15, 0.2) is 0 Å². The van der Waals surface area contributed by atoms with Crippen LogP contribution in [0.1, 0.15) is 19.5 Å². The Hall–Kier alpha value is -1.65. The molecule has 0 saturated heterocycles. The van der Waals surface area contributed by atoms with Gasteiger partial charge in [-0.3, -0.25) is 9.97 Å². The van der Waals surface area contributed by atoms with E-state index in [1.165, 1.54) is 0 Å². The maximum Gasteiger partial charge on any atom is 0.138 e. The second kappa shape index (κ2) is 5.99. The molecule has 4 nitrogen and oxygen atoms in total. The summed E-state index contributed by atoms with van der Waals surface area (Å²) in [6.45, 7) is 4.25. The second-order valence-electron chi connectivity index (χ2n) is 4.37. The van der Waals surface area contributed by atoms with E-state index in [2.05, 4.69) is 9.97 Å². The van der Waals surface area contributed by atoms with Crippen LogP contribution in [0.5, 0.6) is 5.75 Å². The van der Waals surface area contributed by atoms with Gasteiger partial charge in [-0.1, -0.05) is 11.6 Å². The molecule has 2 aromatic rings. The molecule has 2 N–H and O–H groups in total. The Bertz CT molecular complexity index is 572. The summed E-state index contributed by atoms with van der Waals surface area (Å²) in [4.78, 5) is 8.52. The Morgan fingerprint density at radius 1 is 1.26 bits per heavy atom. The molecular formula is C14H16ClN3O. The number of rotatable bonds is 4. The summed E-state index contributed by atoms with van der Waals surface area (Å²) in [5, 5.41) is 0.555. The molecule has 0 saturated carbocycles. The largest absolute Gasteiger partial charge is 0.489 e. The van der Waals surface area contributed by atoms with Crippen LogP contribution < -0.4 is 10.5 Å². The summed E-state index contributed by atoms with van der Waals surface area (Å²) < 4.78 is 5.60. The molecule has 0 amide bonds. The molecule has 0 fully saturated rings. The summed E-state index contributed by atoms with van der Waals surface area (Å²) in [6.07, 6.45) is 3.35. The predicted octanol–water partition coefficient (Wildman–Crippen LogP) is 3.04. The highest BCUT2D eigenvalue weighted by molar-refractivity contribution is 6.32. The molecule has 0 aliphatic heterocycles. The molecular weight excluding hydrogens is 262 g/mol. The predicted molar refractivity (Wildman–Crippen MR) is 76.1 cm³/mol. The zero-order valence-electron chi connectivity index (χ0n) is 10.9. The van der Waals surface area contributed by atoms with Crippen LogP contribution in [0.15, 0.2) is 30.6 Å². The number of nitrogens with two attached hydrogens (primary N) is 1. The number of ether oxygens (including phenoxy) is 1. The molecule has 19 heavy (non-hydrogen) atoms. The van der Waals surface area contributed by atoms with Crippen LogP contribution in [0, 0.1) is 0 Å². The fourth-order valence-corrected chi connectivity index (χ4v) is 1.98. The van der Waals surface area contributed by atoms with Crippen molar-refractivity contribution in [3.8, 4) is 17.0 Å². The average Bonchev–Trinajstić information content (AvgIpc) is 2.40. The third-order valence-electron chi connectivity index (χ3n) is 2.54. The molecule has 0 spiro atoms. The summed E-state index contributed by atoms with van der Waals surface area (Å²) in [5.41, 5.74) is 8.04. The summed E-state index contributed by atoms with van der Waals surface area (Å²) >= 11 is 6.21. The van der Waals surface area contributed by atoms with Gasteiger partial charge in [0.25, 0.3) is 0 Å². The van der Waals surface area contributed by atoms with Crippen molar-refractivity contribution in [2.24, 2.45) is 5.73 Å². The summed E-state index contributed by atoms with van der Waals surface area (Å²) in [5.74, 6) is 0.665. The molecule has 1 aromatic carbocycles. The maximum absolute atomic E-state index is 6.21. The number of halogens is 1. The topological polar surface area (TPSA) is 61.0 Å². The second-order valence-corrected chi connectivity index (χ2v) is 4.77. The van der Waals surface area contributed by atoms with Crippen molar-refractivity contribution < 1.29 is 4.74 Å². The lowest BCUT2D eigenvalue weighted by molar-refractivity contribution is 0.242. The third kappa shape index (κ3) is 3.22. The fourth-order valence-electron chi connectivity index (χ4n) is 1.76. The van der Waals surface area contributed by atoms with Gasteiger partial charge in [0.2, 0.25) is 0 Å². The summed E-state index contributed by atoms with van der Waals surface area (Å²) in [6, 6.07) is 5.57. The van der Waals surface area contributed by atoms with Crippen molar-refractivity contribution in [2.75, 3.05) is 0 Å². The number of hydrogen-bond donors (Lipinski definition) is 1. The molecule has 1 heterocycles. The minimum Gasteiger partial charge on any atom is -0.489 e. The normalized spacial score (nSPS) is 10.8. The van der Waals surface area contributed by atoms with Gasteiger partial charge in [0, 0.05) is 24.5 Å². The van der Waals surface area contributed by atoms with Gasteiger partial charge < -0.3 is 10.5 Å². The van der Waals surface area contributed by atoms with E-state index in [0.717, 1.165) is 17.0 Å². The minimum absolute atomic E-state index is 0.0828. The Morgan fingerprint density at radius 3 is 2.63 bits per heavy atom. The SMILES string of the molecule is CC(C)Oc1ccc(-c2nccnc2CN)cc1Cl. The first-order valence-corrected chi connectivity index (χ1v) is 6.46. The lowest BCUT2D eigenvalue weighted by atomic mass is 10.1. The average molecular weight is 278 g/mol. The van der Waals surface area contributed by atoms with E-state index >= 15 is 0 Å². The molecule has 0 aliphatic rings. The zero-order valence-corrected chi connectivity index (χ0v) is 11.7. The van der Waals surface area contributed by atoms with Gasteiger partial charge in [-0.15, -0.1) is 0 Å². The van der Waals surface area contributed by atoms with Crippen molar-refractivity contribution in [3.05, 3.63) is 41.3 Å². The van der Waals surface area contributed by atoms with Crippen molar-refractivity contribution in [1.29, 1.82) is 0 Å². The maximum atomic E-state index is 6.21. The fraction of sp³-hybridized carbons (Fsp3) is 0.286. The molecule has 2 rings (SSSR count). The molecule has 0 aliphatic carbocycles. The van der Waals surface area contributed by atoms with Gasteiger partial charge in [0.05, 0.1) is 22.5 Å². The monoisotopic (exact) mass is 277 g/mol. The van der Waals surface area contributed by atoms with E-state index < -0.39 is 0 Å². The highest BCUT2D eigenvalue weighted by Crippen LogP contribution is 2.31. The molecule has 1 aromatic heterocycles. The van der Waals surface area contributed by atoms with Crippen molar-refractivity contribution in [2.45, 2.75) is 26.5 Å². The Labute approximate surface area is 117 Å². The van der Waals surface area contributed by atoms with Crippen LogP contribution in [-0.4, -0.2) is 16.1 Å². The van der Waals surface area contributed by atoms with E-state index in [4.69, 9.17) is 22.1 Å². The first-order chi connectivity index (χ1) is 9.11. The molecule has 0 radical (unpaired) electrons. The highest BCUT2D eigenvalue weighted by Gasteiger charge is 2.10.